The third-order valence-electron chi connectivity index (χ3n) is 6.24. The van der Waals surface area contributed by atoms with Crippen LogP contribution in [0, 0.1) is 0 Å². The Bertz CT molecular complexity index is 1340. The number of para-hydroxylation sites is 1. The van der Waals surface area contributed by atoms with Crippen molar-refractivity contribution in [3.63, 3.8) is 0 Å². The van der Waals surface area contributed by atoms with Crippen LogP contribution >= 0.6 is 0 Å². The number of nitrogens with zero attached hydrogens (tertiary/aromatic N) is 3. The van der Waals surface area contributed by atoms with Crippen LogP contribution in [0.15, 0.2) is 97.5 Å². The Labute approximate surface area is 221 Å². The van der Waals surface area contributed by atoms with Gasteiger partial charge in [-0.1, -0.05) is 61.7 Å². The zero-order valence-corrected chi connectivity index (χ0v) is 21.5. The number of nitrogens with two attached hydrogens (primary N) is 2. The summed E-state index contributed by atoms with van der Waals surface area (Å²) in [7, 11) is 0. The molecule has 5 nitrogen and oxygen atoms in total. The molecule has 3 aromatic rings. The van der Waals surface area contributed by atoms with Gasteiger partial charge in [0.25, 0.3) is 0 Å². The summed E-state index contributed by atoms with van der Waals surface area (Å²) in [5.41, 5.74) is 18.6. The van der Waals surface area contributed by atoms with Crippen molar-refractivity contribution in [2.45, 2.75) is 44.8 Å². The molecule has 3 rings (SSSR count). The van der Waals surface area contributed by atoms with Crippen LogP contribution in [0.25, 0.3) is 11.3 Å². The molecule has 0 fully saturated rings. The van der Waals surface area contributed by atoms with Crippen LogP contribution in [0.5, 0.6) is 0 Å². The molecule has 0 spiro atoms. The minimum Gasteiger partial charge on any atom is -0.368 e. The van der Waals surface area contributed by atoms with Crippen LogP contribution in [-0.4, -0.2) is 22.2 Å². The van der Waals surface area contributed by atoms with Gasteiger partial charge in [-0.25, -0.2) is 9.97 Å². The first kappa shape index (κ1) is 28.4. The van der Waals surface area contributed by atoms with Crippen molar-refractivity contribution in [3.8, 4) is 11.3 Å². The van der Waals surface area contributed by atoms with Crippen LogP contribution in [-0.2, 0) is 12.8 Å². The SMILES string of the molecule is C=C=C(C)C(N)Cc1ccc(-c2cc(CC(c3ccccc3N(C=C)/C=C\C)C(F)(F)F)nc(N)n2)cc1. The zero-order chi connectivity index (χ0) is 27.9. The van der Waals surface area contributed by atoms with Crippen molar-refractivity contribution in [2.75, 3.05) is 10.6 Å². The first-order chi connectivity index (χ1) is 18.1. The largest absolute Gasteiger partial charge is 0.396 e. The Kier molecular flexibility index (Phi) is 9.29. The van der Waals surface area contributed by atoms with E-state index >= 15 is 0 Å². The Hall–Kier alpha value is -4.13. The fourth-order valence-electron chi connectivity index (χ4n) is 4.15. The van der Waals surface area contributed by atoms with E-state index in [4.69, 9.17) is 11.5 Å². The van der Waals surface area contributed by atoms with Gasteiger partial charge in [0.15, 0.2) is 0 Å². The molecule has 2 atom stereocenters. The Morgan fingerprint density at radius 3 is 2.39 bits per heavy atom. The maximum atomic E-state index is 14.4. The summed E-state index contributed by atoms with van der Waals surface area (Å²) >= 11 is 0. The van der Waals surface area contributed by atoms with Crippen molar-refractivity contribution in [3.05, 3.63) is 114 Å². The Morgan fingerprint density at radius 2 is 1.79 bits per heavy atom. The summed E-state index contributed by atoms with van der Waals surface area (Å²) < 4.78 is 43.3. The predicted molar refractivity (Wildman–Crippen MR) is 148 cm³/mol. The maximum Gasteiger partial charge on any atom is 0.396 e. The molecule has 1 aromatic heterocycles. The minimum absolute atomic E-state index is 0.0915. The third kappa shape index (κ3) is 7.00. The molecule has 0 aliphatic heterocycles. The molecule has 8 heteroatoms. The summed E-state index contributed by atoms with van der Waals surface area (Å²) in [6, 6.07) is 15.2. The average molecular weight is 520 g/mol. The number of benzene rings is 2. The molecule has 2 aromatic carbocycles. The lowest BCUT2D eigenvalue weighted by molar-refractivity contribution is -0.150. The van der Waals surface area contributed by atoms with Gasteiger partial charge in [-0.2, -0.15) is 13.2 Å². The van der Waals surface area contributed by atoms with Gasteiger partial charge < -0.3 is 16.4 Å². The lowest BCUT2D eigenvalue weighted by Crippen LogP contribution is -2.25. The minimum atomic E-state index is -4.53. The van der Waals surface area contributed by atoms with Crippen molar-refractivity contribution < 1.29 is 13.2 Å². The van der Waals surface area contributed by atoms with E-state index in [-0.39, 0.29) is 23.2 Å². The topological polar surface area (TPSA) is 81.1 Å². The van der Waals surface area contributed by atoms with Gasteiger partial charge in [-0.15, -0.1) is 5.73 Å². The number of hydrogen-bond acceptors (Lipinski definition) is 5. The van der Waals surface area contributed by atoms with E-state index in [1.165, 1.54) is 12.3 Å². The molecule has 0 radical (unpaired) electrons. The molecule has 198 valence electrons. The van der Waals surface area contributed by atoms with E-state index in [0.29, 0.717) is 23.4 Å². The van der Waals surface area contributed by atoms with E-state index in [9.17, 15) is 13.2 Å². The number of hydrogen-bond donors (Lipinski definition) is 2. The molecular formula is C30H32F3N5. The number of anilines is 2. The van der Waals surface area contributed by atoms with Crippen molar-refractivity contribution in [1.29, 1.82) is 0 Å². The molecule has 0 amide bonds. The lowest BCUT2D eigenvalue weighted by Gasteiger charge is -2.26. The number of nitrogen functional groups attached to an aromatic ring is 1. The number of rotatable bonds is 10. The maximum absolute atomic E-state index is 14.4. The smallest absolute Gasteiger partial charge is 0.368 e. The monoisotopic (exact) mass is 519 g/mol. The number of alkyl halides is 3. The fourth-order valence-corrected chi connectivity index (χ4v) is 4.15. The van der Waals surface area contributed by atoms with E-state index < -0.39 is 18.5 Å². The Balaban J connectivity index is 1.96. The molecule has 4 N–H and O–H groups in total. The van der Waals surface area contributed by atoms with Gasteiger partial charge in [0.1, 0.15) is 0 Å². The average Bonchev–Trinajstić information content (AvgIpc) is 2.89. The van der Waals surface area contributed by atoms with Gasteiger partial charge in [0, 0.05) is 41.8 Å². The molecule has 0 saturated heterocycles. The first-order valence-corrected chi connectivity index (χ1v) is 12.1. The molecule has 38 heavy (non-hydrogen) atoms. The van der Waals surface area contributed by atoms with Crippen molar-refractivity contribution >= 4 is 11.6 Å². The van der Waals surface area contributed by atoms with Crippen LogP contribution in [0.2, 0.25) is 0 Å². The highest BCUT2D eigenvalue weighted by Gasteiger charge is 2.42. The number of halogens is 3. The summed E-state index contributed by atoms with van der Waals surface area (Å²) in [5, 5.41) is 0. The second-order valence-corrected chi connectivity index (χ2v) is 8.90. The summed E-state index contributed by atoms with van der Waals surface area (Å²) in [6.45, 7) is 11.0. The molecule has 0 aliphatic rings. The predicted octanol–water partition coefficient (Wildman–Crippen LogP) is 6.70. The zero-order valence-electron chi connectivity index (χ0n) is 21.5. The van der Waals surface area contributed by atoms with Crippen LogP contribution < -0.4 is 16.4 Å². The molecule has 0 aliphatic carbocycles. The van der Waals surface area contributed by atoms with E-state index in [1.807, 2.05) is 31.2 Å². The van der Waals surface area contributed by atoms with Crippen molar-refractivity contribution in [1.82, 2.24) is 9.97 Å². The molecule has 2 unspecified atom stereocenters. The summed E-state index contributed by atoms with van der Waals surface area (Å²) in [4.78, 5) is 9.97. The standard InChI is InChI=1S/C30H32F3N5/c1-5-16-38(7-3)28-11-9-8-10-24(28)25(30(31,32)33)18-23-19-27(37-29(35)36-23)22-14-12-21(13-15-22)17-26(34)20(4)6-2/h5,7-16,19,25-26H,2-3,17-18,34H2,1,4H3,(H2,35,36,37)/b16-5-. The normalized spacial score (nSPS) is 13.1. The van der Waals surface area contributed by atoms with Gasteiger partial charge in [0.05, 0.1) is 11.6 Å². The second kappa shape index (κ2) is 12.4. The Morgan fingerprint density at radius 1 is 1.11 bits per heavy atom. The summed E-state index contributed by atoms with van der Waals surface area (Å²) in [5.74, 6) is -1.91. The number of aromatic nitrogens is 2. The molecular weight excluding hydrogens is 487 g/mol. The second-order valence-electron chi connectivity index (χ2n) is 8.90. The quantitative estimate of drug-likeness (QED) is 0.291. The highest BCUT2D eigenvalue weighted by atomic mass is 19.4. The highest BCUT2D eigenvalue weighted by Crippen LogP contribution is 2.41. The van der Waals surface area contributed by atoms with Crippen molar-refractivity contribution in [2.24, 2.45) is 5.73 Å². The fraction of sp³-hybridized carbons (Fsp3) is 0.233. The molecule has 1 heterocycles. The van der Waals surface area contributed by atoms with Gasteiger partial charge in [-0.3, -0.25) is 0 Å². The molecule has 0 bridgehead atoms. The van der Waals surface area contributed by atoms with Crippen LogP contribution in [0.4, 0.5) is 24.8 Å². The third-order valence-corrected chi connectivity index (χ3v) is 6.24. The first-order valence-electron chi connectivity index (χ1n) is 12.1. The van der Waals surface area contributed by atoms with Gasteiger partial charge >= 0.3 is 6.18 Å². The van der Waals surface area contributed by atoms with Gasteiger partial charge in [0.2, 0.25) is 5.95 Å². The highest BCUT2D eigenvalue weighted by molar-refractivity contribution is 5.62. The van der Waals surface area contributed by atoms with E-state index in [0.717, 1.165) is 11.1 Å². The molecule has 0 saturated carbocycles. The summed E-state index contributed by atoms with van der Waals surface area (Å²) in [6.07, 6.45) is 0.532. The van der Waals surface area contributed by atoms with Crippen LogP contribution in [0.1, 0.15) is 36.6 Å². The lowest BCUT2D eigenvalue weighted by atomic mass is 9.91. The van der Waals surface area contributed by atoms with E-state index in [2.05, 4.69) is 28.9 Å². The van der Waals surface area contributed by atoms with Gasteiger partial charge in [-0.05, 0) is 49.1 Å². The van der Waals surface area contributed by atoms with Crippen LogP contribution in [0.3, 0.4) is 0 Å². The number of allylic oxidation sites excluding steroid dienone is 1. The van der Waals surface area contributed by atoms with E-state index in [1.54, 1.807) is 48.4 Å².